The van der Waals surface area contributed by atoms with Gasteiger partial charge >= 0.3 is 0 Å². The minimum atomic E-state index is -1.70. The predicted molar refractivity (Wildman–Crippen MR) is 82.3 cm³/mol. The van der Waals surface area contributed by atoms with Crippen molar-refractivity contribution in [2.45, 2.75) is 58.9 Å². The van der Waals surface area contributed by atoms with Crippen LogP contribution < -0.4 is 0 Å². The van der Waals surface area contributed by atoms with E-state index in [4.69, 9.17) is 4.43 Å². The molecule has 0 radical (unpaired) electrons. The van der Waals surface area contributed by atoms with Crippen molar-refractivity contribution in [3.8, 4) is 0 Å². The van der Waals surface area contributed by atoms with Gasteiger partial charge in [-0.05, 0) is 40.5 Å². The number of hydrogen-bond donors (Lipinski definition) is 0. The number of nitrogens with zero attached hydrogens (tertiary/aromatic N) is 2. The van der Waals surface area contributed by atoms with Crippen LogP contribution in [0.4, 0.5) is 0 Å². The van der Waals surface area contributed by atoms with Crippen molar-refractivity contribution in [1.82, 2.24) is 9.78 Å². The molecule has 1 heterocycles. The molecule has 0 bridgehead atoms. The summed E-state index contributed by atoms with van der Waals surface area (Å²) in [6.45, 7) is 14.0. The van der Waals surface area contributed by atoms with E-state index < -0.39 is 8.32 Å². The van der Waals surface area contributed by atoms with Gasteiger partial charge in [-0.3, -0.25) is 4.68 Å². The van der Waals surface area contributed by atoms with Crippen LogP contribution in [0.15, 0.2) is 4.47 Å². The van der Waals surface area contributed by atoms with Crippen molar-refractivity contribution < 1.29 is 4.43 Å². The quantitative estimate of drug-likeness (QED) is 0.770. The Morgan fingerprint density at radius 1 is 1.33 bits per heavy atom. The van der Waals surface area contributed by atoms with E-state index in [9.17, 15) is 0 Å². The molecule has 0 amide bonds. The molecule has 1 rings (SSSR count). The topological polar surface area (TPSA) is 27.1 Å². The number of rotatable bonds is 4. The highest BCUT2D eigenvalue weighted by atomic mass is 79.9. The number of aryl methyl sites for hydroxylation is 1. The van der Waals surface area contributed by atoms with Crippen molar-refractivity contribution in [3.05, 3.63) is 15.9 Å². The molecule has 1 aromatic rings. The average Bonchev–Trinajstić information content (AvgIpc) is 2.49. The number of halogens is 1. The average molecular weight is 333 g/mol. The molecule has 0 aliphatic carbocycles. The summed E-state index contributed by atoms with van der Waals surface area (Å²) in [6.07, 6.45) is 0.976. The second kappa shape index (κ2) is 5.47. The highest BCUT2D eigenvalue weighted by Crippen LogP contribution is 2.37. The third-order valence-corrected chi connectivity index (χ3v) is 9.27. The molecule has 0 N–H and O–H groups in total. The smallest absolute Gasteiger partial charge is 0.192 e. The fraction of sp³-hybridized carbons (Fsp3) is 0.769. The third-order valence-electron chi connectivity index (χ3n) is 3.88. The Morgan fingerprint density at radius 3 is 2.28 bits per heavy atom. The first-order valence-corrected chi connectivity index (χ1v) is 10.1. The normalized spacial score (nSPS) is 13.1. The Labute approximate surface area is 120 Å². The molecule has 0 fully saturated rings. The van der Waals surface area contributed by atoms with Crippen LogP contribution in [-0.2, 0) is 24.5 Å². The van der Waals surface area contributed by atoms with Crippen LogP contribution >= 0.6 is 15.9 Å². The molecule has 5 heteroatoms. The molecular weight excluding hydrogens is 308 g/mol. The Kier molecular flexibility index (Phi) is 4.84. The standard InChI is InChI=1S/C13H25BrN2OSi/c1-8-11-12(14)10(15-16(11)5)9-17-18(6,7)13(2,3)4/h8-9H2,1-7H3. The highest BCUT2D eigenvalue weighted by Gasteiger charge is 2.37. The first-order valence-electron chi connectivity index (χ1n) is 6.44. The fourth-order valence-corrected chi connectivity index (χ4v) is 3.20. The molecule has 0 aliphatic heterocycles. The summed E-state index contributed by atoms with van der Waals surface area (Å²) in [7, 11) is 0.287. The number of aromatic nitrogens is 2. The van der Waals surface area contributed by atoms with Crippen molar-refractivity contribution in [2.24, 2.45) is 7.05 Å². The lowest BCUT2D eigenvalue weighted by Crippen LogP contribution is -2.40. The second-order valence-corrected chi connectivity index (χ2v) is 11.8. The molecule has 0 aliphatic rings. The fourth-order valence-electron chi connectivity index (χ4n) is 1.54. The first kappa shape index (κ1) is 15.9. The van der Waals surface area contributed by atoms with E-state index in [-0.39, 0.29) is 5.04 Å². The maximum Gasteiger partial charge on any atom is 0.192 e. The van der Waals surface area contributed by atoms with Gasteiger partial charge in [0.15, 0.2) is 8.32 Å². The van der Waals surface area contributed by atoms with Gasteiger partial charge in [0.1, 0.15) is 5.69 Å². The summed E-state index contributed by atoms with van der Waals surface area (Å²) < 4.78 is 9.25. The summed E-state index contributed by atoms with van der Waals surface area (Å²) in [4.78, 5) is 0. The molecule has 0 saturated carbocycles. The third kappa shape index (κ3) is 3.25. The lowest BCUT2D eigenvalue weighted by molar-refractivity contribution is 0.270. The SMILES string of the molecule is CCc1c(Br)c(CO[Si](C)(C)C(C)(C)C)nn1C. The van der Waals surface area contributed by atoms with E-state index in [0.29, 0.717) is 6.61 Å². The van der Waals surface area contributed by atoms with Crippen molar-refractivity contribution in [1.29, 1.82) is 0 Å². The van der Waals surface area contributed by atoms with Gasteiger partial charge in [0.2, 0.25) is 0 Å². The van der Waals surface area contributed by atoms with Gasteiger partial charge in [-0.1, -0.05) is 27.7 Å². The summed E-state index contributed by atoms with van der Waals surface area (Å²) in [5, 5.41) is 4.77. The Hall–Kier alpha value is -0.133. The predicted octanol–water partition coefficient (Wildman–Crippen LogP) is 4.27. The largest absolute Gasteiger partial charge is 0.411 e. The van der Waals surface area contributed by atoms with Gasteiger partial charge in [-0.2, -0.15) is 5.10 Å². The van der Waals surface area contributed by atoms with E-state index in [1.165, 1.54) is 5.69 Å². The first-order chi connectivity index (χ1) is 8.10. The van der Waals surface area contributed by atoms with E-state index in [1.807, 2.05) is 11.7 Å². The lowest BCUT2D eigenvalue weighted by atomic mass is 10.2. The molecule has 0 aromatic carbocycles. The van der Waals surface area contributed by atoms with Gasteiger partial charge in [-0.15, -0.1) is 0 Å². The monoisotopic (exact) mass is 332 g/mol. The summed E-state index contributed by atoms with van der Waals surface area (Å²) in [6, 6.07) is 0. The zero-order valence-electron chi connectivity index (χ0n) is 12.6. The molecule has 18 heavy (non-hydrogen) atoms. The maximum absolute atomic E-state index is 6.21. The number of hydrogen-bond acceptors (Lipinski definition) is 2. The van der Waals surface area contributed by atoms with E-state index in [0.717, 1.165) is 16.6 Å². The van der Waals surface area contributed by atoms with Crippen molar-refractivity contribution in [3.63, 3.8) is 0 Å². The molecule has 104 valence electrons. The molecule has 3 nitrogen and oxygen atoms in total. The van der Waals surface area contributed by atoms with Crippen molar-refractivity contribution >= 4 is 24.2 Å². The van der Waals surface area contributed by atoms with Gasteiger partial charge in [0.25, 0.3) is 0 Å². The molecule has 0 unspecified atom stereocenters. The minimum Gasteiger partial charge on any atom is -0.411 e. The van der Waals surface area contributed by atoms with Crippen LogP contribution in [0, 0.1) is 0 Å². The Morgan fingerprint density at radius 2 is 1.89 bits per heavy atom. The summed E-state index contributed by atoms with van der Waals surface area (Å²) in [5.41, 5.74) is 2.24. The van der Waals surface area contributed by atoms with E-state index >= 15 is 0 Å². The van der Waals surface area contributed by atoms with Crippen LogP contribution in [0.2, 0.25) is 18.1 Å². The zero-order valence-corrected chi connectivity index (χ0v) is 15.2. The minimum absolute atomic E-state index is 0.238. The molecule has 0 saturated heterocycles. The zero-order chi connectivity index (χ0) is 14.1. The van der Waals surface area contributed by atoms with Crippen LogP contribution in [0.3, 0.4) is 0 Å². The molecule has 0 spiro atoms. The molecule has 0 atom stereocenters. The summed E-state index contributed by atoms with van der Waals surface area (Å²) in [5.74, 6) is 0. The van der Waals surface area contributed by atoms with E-state index in [2.05, 4.69) is 61.8 Å². The van der Waals surface area contributed by atoms with Crippen molar-refractivity contribution in [2.75, 3.05) is 0 Å². The van der Waals surface area contributed by atoms with Crippen LogP contribution in [0.1, 0.15) is 39.1 Å². The second-order valence-electron chi connectivity index (χ2n) is 6.23. The lowest BCUT2D eigenvalue weighted by Gasteiger charge is -2.35. The van der Waals surface area contributed by atoms with Crippen LogP contribution in [0.25, 0.3) is 0 Å². The summed E-state index contributed by atoms with van der Waals surface area (Å²) >= 11 is 3.63. The van der Waals surface area contributed by atoms with Crippen LogP contribution in [0.5, 0.6) is 0 Å². The Balaban J connectivity index is 2.82. The molecular formula is C13H25BrN2OSi. The van der Waals surface area contributed by atoms with Crippen LogP contribution in [-0.4, -0.2) is 18.1 Å². The van der Waals surface area contributed by atoms with Gasteiger partial charge in [-0.25, -0.2) is 0 Å². The van der Waals surface area contributed by atoms with Gasteiger partial charge in [0.05, 0.1) is 16.8 Å². The Bertz CT molecular complexity index is 421. The molecule has 1 aromatic heterocycles. The van der Waals surface area contributed by atoms with E-state index in [1.54, 1.807) is 0 Å². The highest BCUT2D eigenvalue weighted by molar-refractivity contribution is 9.10. The van der Waals surface area contributed by atoms with Gasteiger partial charge in [0, 0.05) is 7.05 Å². The maximum atomic E-state index is 6.21. The van der Waals surface area contributed by atoms with Gasteiger partial charge < -0.3 is 4.43 Å².